The van der Waals surface area contributed by atoms with E-state index in [1.54, 1.807) is 5.12 Å². The van der Waals surface area contributed by atoms with Crippen molar-refractivity contribution >= 4 is 23.0 Å². The van der Waals surface area contributed by atoms with E-state index < -0.39 is 0 Å². The van der Waals surface area contributed by atoms with Crippen molar-refractivity contribution in [1.82, 2.24) is 5.43 Å². The minimum absolute atomic E-state index is 0.540. The molecule has 3 rings (SSSR count). The number of halogens is 1. The van der Waals surface area contributed by atoms with E-state index in [9.17, 15) is 0 Å². The van der Waals surface area contributed by atoms with Crippen LogP contribution in [-0.4, -0.2) is 5.71 Å². The van der Waals surface area contributed by atoms with Crippen molar-refractivity contribution in [2.75, 3.05) is 5.12 Å². The van der Waals surface area contributed by atoms with Gasteiger partial charge in [0.15, 0.2) is 0 Å². The minimum Gasteiger partial charge on any atom is -0.267 e. The third kappa shape index (κ3) is 2.61. The SMILES string of the molecule is ClC1=CC(c2ccccc2)=NN(c2ccccc2)N1. The lowest BCUT2D eigenvalue weighted by Gasteiger charge is -2.25. The van der Waals surface area contributed by atoms with Crippen LogP contribution in [0, 0.1) is 0 Å². The molecule has 4 heteroatoms. The van der Waals surface area contributed by atoms with Gasteiger partial charge in [-0.25, -0.2) is 0 Å². The Balaban J connectivity index is 1.98. The van der Waals surface area contributed by atoms with Crippen LogP contribution in [0.25, 0.3) is 0 Å². The predicted molar refractivity (Wildman–Crippen MR) is 79.0 cm³/mol. The van der Waals surface area contributed by atoms with Gasteiger partial charge < -0.3 is 0 Å². The van der Waals surface area contributed by atoms with Crippen molar-refractivity contribution in [2.45, 2.75) is 0 Å². The predicted octanol–water partition coefficient (Wildman–Crippen LogP) is 3.50. The van der Waals surface area contributed by atoms with Crippen LogP contribution in [0.1, 0.15) is 5.56 Å². The summed E-state index contributed by atoms with van der Waals surface area (Å²) in [5.41, 5.74) is 5.79. The maximum atomic E-state index is 6.13. The maximum Gasteiger partial charge on any atom is 0.124 e. The first-order chi connectivity index (χ1) is 9.33. The average molecular weight is 270 g/mol. The van der Waals surface area contributed by atoms with E-state index in [-0.39, 0.29) is 0 Å². The smallest absolute Gasteiger partial charge is 0.124 e. The van der Waals surface area contributed by atoms with E-state index in [1.807, 2.05) is 66.7 Å². The van der Waals surface area contributed by atoms with Gasteiger partial charge in [-0.3, -0.25) is 5.43 Å². The number of benzene rings is 2. The Bertz CT molecular complexity index is 620. The highest BCUT2D eigenvalue weighted by molar-refractivity contribution is 6.32. The van der Waals surface area contributed by atoms with Gasteiger partial charge in [0.1, 0.15) is 5.16 Å². The van der Waals surface area contributed by atoms with Gasteiger partial charge in [0.25, 0.3) is 0 Å². The van der Waals surface area contributed by atoms with Crippen molar-refractivity contribution in [1.29, 1.82) is 0 Å². The third-order valence-corrected chi connectivity index (χ3v) is 2.95. The second kappa shape index (κ2) is 5.16. The number of hydrazone groups is 1. The molecule has 0 aromatic heterocycles. The summed E-state index contributed by atoms with van der Waals surface area (Å²) in [6.07, 6.45) is 1.82. The largest absolute Gasteiger partial charge is 0.267 e. The van der Waals surface area contributed by atoms with Crippen LogP contribution in [0.4, 0.5) is 5.69 Å². The van der Waals surface area contributed by atoms with Gasteiger partial charge in [0.2, 0.25) is 0 Å². The van der Waals surface area contributed by atoms with Crippen molar-refractivity contribution in [3.8, 4) is 0 Å². The van der Waals surface area contributed by atoms with Crippen molar-refractivity contribution in [2.24, 2.45) is 5.10 Å². The molecule has 3 nitrogen and oxygen atoms in total. The molecule has 1 aliphatic heterocycles. The highest BCUT2D eigenvalue weighted by Crippen LogP contribution is 2.18. The number of allylic oxidation sites excluding steroid dienone is 1. The molecule has 0 radical (unpaired) electrons. The molecule has 0 spiro atoms. The van der Waals surface area contributed by atoms with Crippen LogP contribution in [-0.2, 0) is 0 Å². The molecular weight excluding hydrogens is 258 g/mol. The number of hydrazine groups is 1. The number of hydrogen-bond donors (Lipinski definition) is 1. The molecule has 0 unspecified atom stereocenters. The Hall–Kier alpha value is -2.26. The third-order valence-electron chi connectivity index (χ3n) is 2.75. The topological polar surface area (TPSA) is 27.6 Å². The summed E-state index contributed by atoms with van der Waals surface area (Å²) >= 11 is 6.13. The van der Waals surface area contributed by atoms with Crippen molar-refractivity contribution < 1.29 is 0 Å². The molecule has 1 heterocycles. The molecule has 0 bridgehead atoms. The molecule has 94 valence electrons. The molecule has 0 aliphatic carbocycles. The molecule has 0 fully saturated rings. The van der Waals surface area contributed by atoms with Gasteiger partial charge in [-0.05, 0) is 12.1 Å². The molecule has 1 N–H and O–H groups in total. The fourth-order valence-electron chi connectivity index (χ4n) is 1.86. The number of anilines is 1. The van der Waals surface area contributed by atoms with Gasteiger partial charge in [-0.15, -0.1) is 0 Å². The average Bonchev–Trinajstić information content (AvgIpc) is 2.48. The van der Waals surface area contributed by atoms with Gasteiger partial charge in [0.05, 0.1) is 11.4 Å². The summed E-state index contributed by atoms with van der Waals surface area (Å²) in [5, 5.41) is 6.76. The Labute approximate surface area is 116 Å². The van der Waals surface area contributed by atoms with Crippen LogP contribution < -0.4 is 10.5 Å². The monoisotopic (exact) mass is 269 g/mol. The molecule has 0 atom stereocenters. The number of para-hydroxylation sites is 1. The van der Waals surface area contributed by atoms with Gasteiger partial charge in [-0.2, -0.15) is 10.2 Å². The molecule has 1 aliphatic rings. The number of hydrogen-bond acceptors (Lipinski definition) is 3. The molecule has 19 heavy (non-hydrogen) atoms. The van der Waals surface area contributed by atoms with Crippen LogP contribution in [0.5, 0.6) is 0 Å². The lowest BCUT2D eigenvalue weighted by atomic mass is 10.1. The summed E-state index contributed by atoms with van der Waals surface area (Å²) < 4.78 is 0. The number of rotatable bonds is 2. The first-order valence-electron chi connectivity index (χ1n) is 5.96. The van der Waals surface area contributed by atoms with E-state index >= 15 is 0 Å². The first-order valence-corrected chi connectivity index (χ1v) is 6.34. The fourth-order valence-corrected chi connectivity index (χ4v) is 2.04. The zero-order valence-corrected chi connectivity index (χ0v) is 10.9. The number of nitrogens with one attached hydrogen (secondary N) is 1. The lowest BCUT2D eigenvalue weighted by molar-refractivity contribution is 0.758. The normalized spacial score (nSPS) is 14.5. The molecule has 0 saturated carbocycles. The molecule has 2 aromatic rings. The summed E-state index contributed by atoms with van der Waals surface area (Å²) in [7, 11) is 0. The van der Waals surface area contributed by atoms with Gasteiger partial charge in [0, 0.05) is 11.6 Å². The summed E-state index contributed by atoms with van der Waals surface area (Å²) in [6.45, 7) is 0. The second-order valence-corrected chi connectivity index (χ2v) is 4.51. The zero-order chi connectivity index (χ0) is 13.1. The maximum absolute atomic E-state index is 6.13. The highest BCUT2D eigenvalue weighted by atomic mass is 35.5. The summed E-state index contributed by atoms with van der Waals surface area (Å²) in [4.78, 5) is 0. The first kappa shape index (κ1) is 11.8. The molecule has 2 aromatic carbocycles. The Morgan fingerprint density at radius 3 is 2.21 bits per heavy atom. The number of nitrogens with zero attached hydrogens (tertiary/aromatic N) is 2. The second-order valence-electron chi connectivity index (χ2n) is 4.10. The minimum atomic E-state index is 0.540. The Morgan fingerprint density at radius 1 is 0.895 bits per heavy atom. The van der Waals surface area contributed by atoms with Crippen LogP contribution in [0.2, 0.25) is 0 Å². The molecular formula is C15H12ClN3. The van der Waals surface area contributed by atoms with Gasteiger partial charge >= 0.3 is 0 Å². The van der Waals surface area contributed by atoms with Crippen LogP contribution in [0.15, 0.2) is 77.0 Å². The standard InChI is InChI=1S/C15H12ClN3/c16-15-11-14(12-7-3-1-4-8-12)17-19(18-15)13-9-5-2-6-10-13/h1-11,18H. The summed E-state index contributed by atoms with van der Waals surface area (Å²) in [5.74, 6) is 0. The molecule has 0 amide bonds. The highest BCUT2D eigenvalue weighted by Gasteiger charge is 2.13. The fraction of sp³-hybridized carbons (Fsp3) is 0. The Morgan fingerprint density at radius 2 is 1.53 bits per heavy atom. The van der Waals surface area contributed by atoms with E-state index in [0.29, 0.717) is 5.16 Å². The van der Waals surface area contributed by atoms with Crippen LogP contribution in [0.3, 0.4) is 0 Å². The van der Waals surface area contributed by atoms with Crippen LogP contribution >= 0.6 is 11.6 Å². The Kier molecular flexibility index (Phi) is 3.21. The van der Waals surface area contributed by atoms with E-state index in [4.69, 9.17) is 11.6 Å². The quantitative estimate of drug-likeness (QED) is 0.845. The zero-order valence-electron chi connectivity index (χ0n) is 10.1. The summed E-state index contributed by atoms with van der Waals surface area (Å²) in [6, 6.07) is 19.8. The van der Waals surface area contributed by atoms with E-state index in [0.717, 1.165) is 17.0 Å². The molecule has 0 saturated heterocycles. The van der Waals surface area contributed by atoms with Crippen molar-refractivity contribution in [3.05, 3.63) is 77.5 Å². The van der Waals surface area contributed by atoms with Crippen molar-refractivity contribution in [3.63, 3.8) is 0 Å². The van der Waals surface area contributed by atoms with E-state index in [2.05, 4.69) is 10.5 Å². The lowest BCUT2D eigenvalue weighted by Crippen LogP contribution is -2.35. The van der Waals surface area contributed by atoms with Gasteiger partial charge in [-0.1, -0.05) is 60.1 Å². The van der Waals surface area contributed by atoms with E-state index in [1.165, 1.54) is 0 Å².